The number of benzene rings is 3. The summed E-state index contributed by atoms with van der Waals surface area (Å²) in [6, 6.07) is 18.6. The molecule has 2 unspecified atom stereocenters. The molecule has 0 bridgehead atoms. The standard InChI is InChI=1S/C29H34ClO4P.C2H5.CHO.2CH3.V/c1-19(2)26-15-22(9-10-29(26)31-5)16-27-20(3)13-25(14-21(27)4)32-18-35-33-12-11-28(34-35)23-7-6-8-24(30)17-23;2*1-2;;;/h6-10,13-15,17,19,28H,11-12,16,18H2,1-5H3;1H2,2H3;1H;2*1H3;/q;4*-1;+4. The molecule has 1 radical (unpaired) electrons. The van der Waals surface area contributed by atoms with Crippen molar-refractivity contribution in [2.45, 2.75) is 59.5 Å². The topological polar surface area (TPSA) is 54.0 Å². The predicted molar refractivity (Wildman–Crippen MR) is 175 cm³/mol. The molecule has 3 aromatic rings. The number of carbonyl (C=O) groups excluding carboxylic acids is 1. The van der Waals surface area contributed by atoms with Crippen LogP contribution >= 0.6 is 20.0 Å². The first-order valence-corrected chi connectivity index (χ1v) is 14.7. The number of hydrogen-bond acceptors (Lipinski definition) is 5. The second-order valence-corrected chi connectivity index (χ2v) is 11.1. The van der Waals surface area contributed by atoms with E-state index in [2.05, 4.69) is 77.8 Å². The Labute approximate surface area is 273 Å². The van der Waals surface area contributed by atoms with E-state index in [1.54, 1.807) is 14.0 Å². The van der Waals surface area contributed by atoms with Crippen molar-refractivity contribution in [3.8, 4) is 11.5 Å². The Kier molecular flexibility index (Phi) is 21.9. The van der Waals surface area contributed by atoms with E-state index in [0.29, 0.717) is 18.9 Å². The van der Waals surface area contributed by atoms with Gasteiger partial charge in [-0.15, -0.1) is 0 Å². The van der Waals surface area contributed by atoms with Gasteiger partial charge in [-0.05, 0) is 89.9 Å². The summed E-state index contributed by atoms with van der Waals surface area (Å²) in [5, 5.41) is 0.722. The average Bonchev–Trinajstić information content (AvgIpc) is 2.96. The Morgan fingerprint density at radius 1 is 1.05 bits per heavy atom. The van der Waals surface area contributed by atoms with E-state index in [9.17, 15) is 0 Å². The molecule has 1 fully saturated rings. The number of hydrogen-bond donors (Lipinski definition) is 0. The molecule has 0 aliphatic carbocycles. The molecule has 0 spiro atoms. The molecular weight excluding hydrogens is 606 g/mol. The summed E-state index contributed by atoms with van der Waals surface area (Å²) in [6.45, 7) is 17.6. The van der Waals surface area contributed by atoms with Gasteiger partial charge in [-0.3, -0.25) is 6.79 Å². The molecular formula is C34H46ClO5PV. The van der Waals surface area contributed by atoms with Gasteiger partial charge in [0, 0.05) is 11.4 Å². The smallest absolute Gasteiger partial charge is 0.545 e. The third-order valence-electron chi connectivity index (χ3n) is 6.38. The zero-order valence-corrected chi connectivity index (χ0v) is 29.3. The maximum Gasteiger partial charge on any atom is 4.00 e. The molecule has 0 amide bonds. The van der Waals surface area contributed by atoms with Gasteiger partial charge in [-0.25, -0.2) is 0 Å². The van der Waals surface area contributed by atoms with Crippen LogP contribution in [0.25, 0.3) is 0 Å². The molecule has 0 saturated carbocycles. The van der Waals surface area contributed by atoms with Gasteiger partial charge < -0.3 is 45.1 Å². The molecule has 5 nitrogen and oxygen atoms in total. The van der Waals surface area contributed by atoms with Crippen molar-refractivity contribution in [1.29, 1.82) is 0 Å². The first-order valence-electron chi connectivity index (χ1n) is 13.0. The van der Waals surface area contributed by atoms with Crippen LogP contribution in [-0.2, 0) is 38.8 Å². The van der Waals surface area contributed by atoms with Crippen LogP contribution in [0.1, 0.15) is 72.6 Å². The van der Waals surface area contributed by atoms with Crippen LogP contribution in [0, 0.1) is 35.6 Å². The van der Waals surface area contributed by atoms with Gasteiger partial charge in [0.25, 0.3) is 0 Å². The van der Waals surface area contributed by atoms with Crippen molar-refractivity contribution in [2.75, 3.05) is 20.1 Å². The summed E-state index contributed by atoms with van der Waals surface area (Å²) in [4.78, 5) is 7.75. The van der Waals surface area contributed by atoms with Crippen LogP contribution in [-0.4, -0.2) is 26.9 Å². The van der Waals surface area contributed by atoms with Crippen LogP contribution in [0.2, 0.25) is 5.02 Å². The van der Waals surface area contributed by atoms with Gasteiger partial charge >= 0.3 is 18.6 Å². The predicted octanol–water partition coefficient (Wildman–Crippen LogP) is 9.97. The van der Waals surface area contributed by atoms with Gasteiger partial charge in [0.15, 0.2) is 6.35 Å². The van der Waals surface area contributed by atoms with E-state index < -0.39 is 8.38 Å². The van der Waals surface area contributed by atoms with Gasteiger partial charge in [-0.1, -0.05) is 49.7 Å². The monoisotopic (exact) mass is 651 g/mol. The Balaban J connectivity index is 0. The fraction of sp³-hybridized carbons (Fsp3) is 0.353. The average molecular weight is 652 g/mol. The maximum atomic E-state index is 7.75. The Morgan fingerprint density at radius 2 is 1.69 bits per heavy atom. The molecule has 42 heavy (non-hydrogen) atoms. The summed E-state index contributed by atoms with van der Waals surface area (Å²) in [5.41, 5.74) is 7.38. The van der Waals surface area contributed by atoms with Crippen molar-refractivity contribution in [3.63, 3.8) is 0 Å². The minimum Gasteiger partial charge on any atom is -0.545 e. The van der Waals surface area contributed by atoms with Gasteiger partial charge in [0.05, 0.1) is 19.8 Å². The summed E-state index contributed by atoms with van der Waals surface area (Å²) >= 11 is 6.16. The van der Waals surface area contributed by atoms with Crippen molar-refractivity contribution in [3.05, 3.63) is 115 Å². The number of methoxy groups -OCH3 is 1. The quantitative estimate of drug-likeness (QED) is 0.138. The molecule has 4 rings (SSSR count). The zero-order chi connectivity index (χ0) is 28.9. The summed E-state index contributed by atoms with van der Waals surface area (Å²) < 4.78 is 23.8. The first-order chi connectivity index (χ1) is 18.8. The van der Waals surface area contributed by atoms with E-state index in [1.807, 2.05) is 18.2 Å². The third-order valence-corrected chi connectivity index (χ3v) is 7.92. The van der Waals surface area contributed by atoms with E-state index in [1.165, 1.54) is 27.8 Å². The van der Waals surface area contributed by atoms with Crippen LogP contribution in [0.3, 0.4) is 0 Å². The first kappa shape index (κ1) is 42.3. The third kappa shape index (κ3) is 12.0. The largest absolute Gasteiger partial charge is 4.00 e. The Bertz CT molecular complexity index is 1170. The van der Waals surface area contributed by atoms with Gasteiger partial charge in [0.1, 0.15) is 11.5 Å². The van der Waals surface area contributed by atoms with Crippen LogP contribution < -0.4 is 9.47 Å². The summed E-state index contributed by atoms with van der Waals surface area (Å²) in [7, 11) is 0.605. The maximum absolute atomic E-state index is 7.75. The second kappa shape index (κ2) is 21.8. The molecule has 3 aromatic carbocycles. The molecule has 1 saturated heterocycles. The molecule has 2 atom stereocenters. The van der Waals surface area contributed by atoms with Crippen LogP contribution in [0.4, 0.5) is 0 Å². The van der Waals surface area contributed by atoms with Gasteiger partial charge in [0.2, 0.25) is 8.38 Å². The zero-order valence-electron chi connectivity index (χ0n) is 26.3. The number of rotatable bonds is 8. The number of ether oxygens (including phenoxy) is 2. The Hall–Kier alpha value is -1.85. The molecule has 8 heteroatoms. The molecule has 229 valence electrons. The molecule has 1 aliphatic heterocycles. The summed E-state index contributed by atoms with van der Waals surface area (Å²) in [6.07, 6.45) is 2.09. The van der Waals surface area contributed by atoms with E-state index in [4.69, 9.17) is 34.9 Å². The van der Waals surface area contributed by atoms with Crippen LogP contribution in [0.5, 0.6) is 11.5 Å². The van der Waals surface area contributed by atoms with Crippen molar-refractivity contribution in [1.82, 2.24) is 0 Å². The molecule has 1 aliphatic rings. The molecule has 1 heterocycles. The fourth-order valence-corrected chi connectivity index (χ4v) is 5.95. The van der Waals surface area contributed by atoms with Crippen LogP contribution in [0.15, 0.2) is 54.6 Å². The van der Waals surface area contributed by atoms with Crippen molar-refractivity contribution in [2.24, 2.45) is 0 Å². The van der Waals surface area contributed by atoms with E-state index in [-0.39, 0.29) is 39.5 Å². The van der Waals surface area contributed by atoms with Gasteiger partial charge in [-0.2, -0.15) is 6.92 Å². The molecule has 0 N–H and O–H groups in total. The second-order valence-electron chi connectivity index (χ2n) is 9.32. The number of aryl methyl sites for hydroxylation is 2. The van der Waals surface area contributed by atoms with Crippen molar-refractivity contribution >= 4 is 26.8 Å². The molecule has 0 aromatic heterocycles. The van der Waals surface area contributed by atoms with E-state index in [0.717, 1.165) is 34.9 Å². The summed E-state index contributed by atoms with van der Waals surface area (Å²) in [5.74, 6) is 2.21. The minimum atomic E-state index is -1.13. The number of halogens is 1. The van der Waals surface area contributed by atoms with Crippen molar-refractivity contribution < 1.29 is 41.9 Å². The Morgan fingerprint density at radius 3 is 2.26 bits per heavy atom. The fourth-order valence-electron chi connectivity index (χ4n) is 4.48. The SMILES string of the molecule is COc1ccc(Cc2c(C)cc(OCP3OCCC(c4cccc(Cl)c4)O3)cc2C)cc1C(C)C.[CH-]=O.[CH2-]C.[CH3-].[CH3-].[V+4]. The minimum absolute atomic E-state index is 0. The van der Waals surface area contributed by atoms with E-state index >= 15 is 0 Å². The normalized spacial score (nSPS) is 15.3.